The minimum absolute atomic E-state index is 0.0267. The highest BCUT2D eigenvalue weighted by Crippen LogP contribution is 2.47. The van der Waals surface area contributed by atoms with Crippen LogP contribution in [0.4, 0.5) is 14.6 Å². The molecule has 3 aliphatic rings. The summed E-state index contributed by atoms with van der Waals surface area (Å²) in [6.07, 6.45) is 12.9. The largest absolute Gasteiger partial charge is 0.508 e. The summed E-state index contributed by atoms with van der Waals surface area (Å²) in [4.78, 5) is 30.5. The predicted octanol–water partition coefficient (Wildman–Crippen LogP) is 4.96. The van der Waals surface area contributed by atoms with Gasteiger partial charge in [-0.1, -0.05) is 18.6 Å². The first kappa shape index (κ1) is 32.7. The highest BCUT2D eigenvalue weighted by atomic mass is 19.1. The summed E-state index contributed by atoms with van der Waals surface area (Å²) >= 11 is 0. The number of halogens is 2. The SMILES string of the molecule is C#Cc1c(F)ccc2cc(O)cc(-c3ncc4c(N5CCCCC(NC(=O)C=C)C5)nc(OCC5(CN6CCOCC6)CC5)nc4c3F)c12. The third-order valence-corrected chi connectivity index (χ3v) is 9.72. The second-order valence-electron chi connectivity index (χ2n) is 13.2. The van der Waals surface area contributed by atoms with E-state index in [0.29, 0.717) is 49.5 Å². The number of nitrogens with zero attached hydrogens (tertiary/aromatic N) is 5. The minimum Gasteiger partial charge on any atom is -0.508 e. The fraction of sp³-hybridized carbons (Fsp3) is 0.405. The molecule has 2 aromatic carbocycles. The fourth-order valence-corrected chi connectivity index (χ4v) is 6.96. The number of rotatable bonds is 9. The smallest absolute Gasteiger partial charge is 0.319 e. The quantitative estimate of drug-likeness (QED) is 0.189. The number of phenolic OH excluding ortho intramolecular Hbond substituents is 1. The molecule has 49 heavy (non-hydrogen) atoms. The van der Waals surface area contributed by atoms with Crippen LogP contribution in [0.15, 0.2) is 43.1 Å². The lowest BCUT2D eigenvalue weighted by Gasteiger charge is -2.30. The number of anilines is 1. The van der Waals surface area contributed by atoms with Crippen molar-refractivity contribution in [2.24, 2.45) is 5.41 Å². The van der Waals surface area contributed by atoms with Crippen LogP contribution < -0.4 is 15.0 Å². The van der Waals surface area contributed by atoms with Crippen LogP contribution in [0.25, 0.3) is 32.9 Å². The van der Waals surface area contributed by atoms with Crippen molar-refractivity contribution >= 4 is 33.4 Å². The zero-order chi connectivity index (χ0) is 34.1. The molecule has 2 aliphatic heterocycles. The number of morpholine rings is 1. The number of fused-ring (bicyclic) bond motifs is 2. The lowest BCUT2D eigenvalue weighted by molar-refractivity contribution is -0.117. The predicted molar refractivity (Wildman–Crippen MR) is 182 cm³/mol. The Bertz CT molecular complexity index is 1970. The van der Waals surface area contributed by atoms with Gasteiger partial charge in [-0.15, -0.1) is 6.42 Å². The number of nitrogens with one attached hydrogen (secondary N) is 1. The van der Waals surface area contributed by atoms with E-state index in [9.17, 15) is 14.3 Å². The second kappa shape index (κ2) is 13.6. The Morgan fingerprint density at radius 1 is 1.20 bits per heavy atom. The number of hydrogen-bond donors (Lipinski definition) is 2. The van der Waals surface area contributed by atoms with Gasteiger partial charge >= 0.3 is 6.01 Å². The Kier molecular flexibility index (Phi) is 9.05. The molecule has 4 heterocycles. The molecule has 0 radical (unpaired) electrons. The van der Waals surface area contributed by atoms with E-state index in [1.54, 1.807) is 0 Å². The lowest BCUT2D eigenvalue weighted by Crippen LogP contribution is -2.42. The van der Waals surface area contributed by atoms with E-state index in [-0.39, 0.29) is 56.8 Å². The number of phenols is 1. The van der Waals surface area contributed by atoms with E-state index in [1.165, 1.54) is 36.5 Å². The van der Waals surface area contributed by atoms with Gasteiger partial charge in [0.15, 0.2) is 5.82 Å². The number of carbonyl (C=O) groups excluding carboxylic acids is 1. The van der Waals surface area contributed by atoms with Crippen LogP contribution in [-0.4, -0.2) is 89.5 Å². The van der Waals surface area contributed by atoms with Crippen LogP contribution in [0.1, 0.15) is 37.7 Å². The first-order valence-corrected chi connectivity index (χ1v) is 16.7. The molecule has 0 bridgehead atoms. The minimum atomic E-state index is -0.786. The standard InChI is InChI=1S/C37H38F2N6O4/c1-3-26-29(38)9-8-23-17-25(46)18-27(31(23)26)33-32(39)34-28(19-40-33)35(45-12-6-5-7-24(20-45)41-30(47)4-2)43-36(42-34)49-22-37(10-11-37)21-44-13-15-48-16-14-44/h1,4,8-9,17-19,24,46H,2,5-7,10-16,20-22H2,(H,41,47). The normalized spacial score (nSPS) is 19.3. The van der Waals surface area contributed by atoms with Gasteiger partial charge in [0.05, 0.1) is 30.8 Å². The maximum Gasteiger partial charge on any atom is 0.319 e. The molecule has 12 heteroatoms. The van der Waals surface area contributed by atoms with Crippen molar-refractivity contribution in [2.45, 2.75) is 38.1 Å². The van der Waals surface area contributed by atoms with Crippen LogP contribution in [0.5, 0.6) is 11.8 Å². The van der Waals surface area contributed by atoms with Crippen LogP contribution in [0.3, 0.4) is 0 Å². The molecule has 1 amide bonds. The molecular formula is C37H38F2N6O4. The molecule has 1 aliphatic carbocycles. The van der Waals surface area contributed by atoms with Gasteiger partial charge in [-0.05, 0) is 61.8 Å². The van der Waals surface area contributed by atoms with E-state index >= 15 is 4.39 Å². The molecule has 254 valence electrons. The number of benzene rings is 2. The fourth-order valence-electron chi connectivity index (χ4n) is 6.96. The number of ether oxygens (including phenoxy) is 2. The van der Waals surface area contributed by atoms with Gasteiger partial charge < -0.3 is 24.8 Å². The zero-order valence-corrected chi connectivity index (χ0v) is 27.2. The first-order valence-electron chi connectivity index (χ1n) is 16.7. The molecule has 0 spiro atoms. The van der Waals surface area contributed by atoms with Crippen molar-refractivity contribution in [3.05, 3.63) is 60.3 Å². The molecule has 2 N–H and O–H groups in total. The van der Waals surface area contributed by atoms with E-state index in [1.807, 2.05) is 4.90 Å². The summed E-state index contributed by atoms with van der Waals surface area (Å²) < 4.78 is 43.6. The van der Waals surface area contributed by atoms with E-state index < -0.39 is 11.6 Å². The van der Waals surface area contributed by atoms with Crippen LogP contribution in [0, 0.1) is 29.4 Å². The molecular weight excluding hydrogens is 630 g/mol. The van der Waals surface area contributed by atoms with Crippen LogP contribution in [0.2, 0.25) is 0 Å². The summed E-state index contributed by atoms with van der Waals surface area (Å²) in [5.74, 6) is 0.958. The maximum absolute atomic E-state index is 16.9. The topological polar surface area (TPSA) is 113 Å². The van der Waals surface area contributed by atoms with Gasteiger partial charge in [0.25, 0.3) is 0 Å². The van der Waals surface area contributed by atoms with Crippen molar-refractivity contribution in [1.82, 2.24) is 25.2 Å². The average molecular weight is 669 g/mol. The second-order valence-corrected chi connectivity index (χ2v) is 13.2. The number of aromatic hydroxyl groups is 1. The van der Waals surface area contributed by atoms with Crippen molar-refractivity contribution in [3.63, 3.8) is 0 Å². The van der Waals surface area contributed by atoms with E-state index in [4.69, 9.17) is 20.9 Å². The molecule has 3 fully saturated rings. The highest BCUT2D eigenvalue weighted by molar-refractivity contribution is 6.03. The summed E-state index contributed by atoms with van der Waals surface area (Å²) in [7, 11) is 0. The Balaban J connectivity index is 1.32. The Morgan fingerprint density at radius 3 is 2.78 bits per heavy atom. The molecule has 1 saturated carbocycles. The molecule has 2 aromatic heterocycles. The highest BCUT2D eigenvalue weighted by Gasteiger charge is 2.45. The number of terminal acetylenes is 1. The Hall–Kier alpha value is -4.86. The van der Waals surface area contributed by atoms with Crippen molar-refractivity contribution < 1.29 is 28.2 Å². The molecule has 2 saturated heterocycles. The number of pyridine rings is 1. The number of amides is 1. The monoisotopic (exact) mass is 668 g/mol. The molecule has 1 unspecified atom stereocenters. The van der Waals surface area contributed by atoms with E-state index in [0.717, 1.165) is 51.7 Å². The zero-order valence-electron chi connectivity index (χ0n) is 27.2. The van der Waals surface area contributed by atoms with Gasteiger partial charge in [-0.3, -0.25) is 14.7 Å². The number of hydrogen-bond acceptors (Lipinski definition) is 9. The van der Waals surface area contributed by atoms with E-state index in [2.05, 4.69) is 32.7 Å². The lowest BCUT2D eigenvalue weighted by atomic mass is 9.96. The third kappa shape index (κ3) is 6.73. The van der Waals surface area contributed by atoms with Gasteiger partial charge in [0.1, 0.15) is 28.6 Å². The van der Waals surface area contributed by atoms with Crippen molar-refractivity contribution in [2.75, 3.05) is 57.4 Å². The number of aromatic nitrogens is 3. The average Bonchev–Trinajstić information content (AvgIpc) is 3.91. The van der Waals surface area contributed by atoms with Crippen LogP contribution >= 0.6 is 0 Å². The molecule has 7 rings (SSSR count). The summed E-state index contributed by atoms with van der Waals surface area (Å²) in [5, 5.41) is 14.6. The van der Waals surface area contributed by atoms with Crippen molar-refractivity contribution in [1.29, 1.82) is 0 Å². The molecule has 10 nitrogen and oxygen atoms in total. The van der Waals surface area contributed by atoms with Crippen molar-refractivity contribution in [3.8, 4) is 35.4 Å². The van der Waals surface area contributed by atoms with Gasteiger partial charge in [-0.25, -0.2) is 8.78 Å². The van der Waals surface area contributed by atoms with Gasteiger partial charge in [0.2, 0.25) is 5.91 Å². The number of carbonyl (C=O) groups is 1. The molecule has 1 atom stereocenters. The Labute approximate surface area is 283 Å². The van der Waals surface area contributed by atoms with Crippen LogP contribution in [-0.2, 0) is 9.53 Å². The summed E-state index contributed by atoms with van der Waals surface area (Å²) in [6.45, 7) is 9.00. The van der Waals surface area contributed by atoms with Gasteiger partial charge in [-0.2, -0.15) is 9.97 Å². The summed E-state index contributed by atoms with van der Waals surface area (Å²) in [6, 6.07) is 5.30. The maximum atomic E-state index is 16.9. The molecule has 4 aromatic rings. The first-order chi connectivity index (χ1) is 23.8. The summed E-state index contributed by atoms with van der Waals surface area (Å²) in [5.41, 5.74) is -0.156. The Morgan fingerprint density at radius 2 is 2.02 bits per heavy atom. The third-order valence-electron chi connectivity index (χ3n) is 9.72. The van der Waals surface area contributed by atoms with Gasteiger partial charge in [0, 0.05) is 61.3 Å².